The number of nitrogens with two attached hydrogens (primary N) is 1. The number of hydrogen-bond acceptors (Lipinski definition) is 4. The quantitative estimate of drug-likeness (QED) is 0.586. The van der Waals surface area contributed by atoms with E-state index in [-0.39, 0.29) is 12.0 Å². The fraction of sp³-hybridized carbons (Fsp3) is 0.417. The minimum Gasteiger partial charge on any atom is -0.464 e. The lowest BCUT2D eigenvalue weighted by atomic mass is 9.97. The molecule has 1 aliphatic heterocycles. The van der Waals surface area contributed by atoms with Gasteiger partial charge in [-0.2, -0.15) is 0 Å². The van der Waals surface area contributed by atoms with Crippen LogP contribution in [-0.2, 0) is 16.0 Å². The molecule has 0 radical (unpaired) electrons. The topological polar surface area (TPSA) is 64.3 Å². The van der Waals surface area contributed by atoms with Crippen LogP contribution in [0.4, 0.5) is 11.4 Å². The summed E-state index contributed by atoms with van der Waals surface area (Å²) in [6.45, 7) is 2.22. The molecule has 0 fully saturated rings. The maximum Gasteiger partial charge on any atom is 0.328 e. The molecule has 0 bridgehead atoms. The molecular formula is C12H16N2O2. The molecule has 0 unspecified atom stereocenters. The van der Waals surface area contributed by atoms with E-state index >= 15 is 0 Å². The van der Waals surface area contributed by atoms with E-state index < -0.39 is 0 Å². The van der Waals surface area contributed by atoms with E-state index in [1.54, 1.807) is 0 Å². The van der Waals surface area contributed by atoms with Crippen molar-refractivity contribution in [3.05, 3.63) is 23.8 Å². The highest BCUT2D eigenvalue weighted by Crippen LogP contribution is 2.30. The number of esters is 1. The van der Waals surface area contributed by atoms with Gasteiger partial charge in [0.05, 0.1) is 18.0 Å². The average molecular weight is 220 g/mol. The molecule has 4 heteroatoms. The number of benzene rings is 1. The SMILES string of the molecule is CCOC(=O)[C@H]1CCc2cccc(N)c2N1. The Bertz CT molecular complexity index is 404. The zero-order valence-corrected chi connectivity index (χ0v) is 9.32. The lowest BCUT2D eigenvalue weighted by Crippen LogP contribution is -2.35. The molecule has 0 spiro atoms. The first-order valence-electron chi connectivity index (χ1n) is 5.53. The molecule has 3 N–H and O–H groups in total. The van der Waals surface area contributed by atoms with Crippen molar-refractivity contribution in [2.24, 2.45) is 0 Å². The lowest BCUT2D eigenvalue weighted by molar-refractivity contribution is -0.144. The third-order valence-corrected chi connectivity index (χ3v) is 2.78. The van der Waals surface area contributed by atoms with Gasteiger partial charge in [0, 0.05) is 0 Å². The maximum absolute atomic E-state index is 11.6. The Morgan fingerprint density at radius 2 is 2.44 bits per heavy atom. The zero-order chi connectivity index (χ0) is 11.5. The van der Waals surface area contributed by atoms with Crippen molar-refractivity contribution in [3.63, 3.8) is 0 Å². The molecule has 16 heavy (non-hydrogen) atoms. The number of rotatable bonds is 2. The summed E-state index contributed by atoms with van der Waals surface area (Å²) < 4.78 is 4.99. The standard InChI is InChI=1S/C12H16N2O2/c1-2-16-12(15)10-7-6-8-4-3-5-9(13)11(8)14-10/h3-5,10,14H,2,6-7,13H2,1H3/t10-/m1/s1. The molecule has 0 aromatic heterocycles. The van der Waals surface area contributed by atoms with Crippen LogP contribution in [0.5, 0.6) is 0 Å². The van der Waals surface area contributed by atoms with Gasteiger partial charge in [-0.1, -0.05) is 12.1 Å². The number of aryl methyl sites for hydroxylation is 1. The van der Waals surface area contributed by atoms with Crippen LogP contribution in [0.1, 0.15) is 18.9 Å². The fourth-order valence-electron chi connectivity index (χ4n) is 1.97. The van der Waals surface area contributed by atoms with Crippen LogP contribution in [-0.4, -0.2) is 18.6 Å². The van der Waals surface area contributed by atoms with Crippen molar-refractivity contribution >= 4 is 17.3 Å². The van der Waals surface area contributed by atoms with E-state index in [0.717, 1.165) is 18.5 Å². The summed E-state index contributed by atoms with van der Waals surface area (Å²) in [4.78, 5) is 11.6. The number of para-hydroxylation sites is 1. The molecule has 1 aromatic carbocycles. The van der Waals surface area contributed by atoms with Crippen LogP contribution in [0.2, 0.25) is 0 Å². The predicted octanol–water partition coefficient (Wildman–Crippen LogP) is 1.56. The summed E-state index contributed by atoms with van der Waals surface area (Å²) >= 11 is 0. The second-order valence-corrected chi connectivity index (χ2v) is 3.87. The summed E-state index contributed by atoms with van der Waals surface area (Å²) in [6.07, 6.45) is 1.62. The number of fused-ring (bicyclic) bond motifs is 1. The normalized spacial score (nSPS) is 18.4. The third-order valence-electron chi connectivity index (χ3n) is 2.78. The van der Waals surface area contributed by atoms with Gasteiger partial charge in [-0.05, 0) is 31.4 Å². The van der Waals surface area contributed by atoms with Crippen molar-refractivity contribution < 1.29 is 9.53 Å². The molecule has 1 aromatic rings. The summed E-state index contributed by atoms with van der Waals surface area (Å²) in [5.74, 6) is -0.198. The minimum atomic E-state index is -0.267. The summed E-state index contributed by atoms with van der Waals surface area (Å²) in [7, 11) is 0. The van der Waals surface area contributed by atoms with Crippen molar-refractivity contribution in [3.8, 4) is 0 Å². The second-order valence-electron chi connectivity index (χ2n) is 3.87. The molecule has 4 nitrogen and oxygen atoms in total. The summed E-state index contributed by atoms with van der Waals surface area (Å²) in [5.41, 5.74) is 8.60. The molecule has 0 amide bonds. The zero-order valence-electron chi connectivity index (χ0n) is 9.32. The van der Waals surface area contributed by atoms with Crippen LogP contribution in [0, 0.1) is 0 Å². The highest BCUT2D eigenvalue weighted by Gasteiger charge is 2.25. The van der Waals surface area contributed by atoms with Gasteiger partial charge < -0.3 is 15.8 Å². The molecule has 86 valence electrons. The number of hydrogen-bond donors (Lipinski definition) is 2. The van der Waals surface area contributed by atoms with E-state index in [0.29, 0.717) is 12.3 Å². The van der Waals surface area contributed by atoms with Crippen LogP contribution in [0.25, 0.3) is 0 Å². The molecule has 1 aliphatic rings. The van der Waals surface area contributed by atoms with Gasteiger partial charge in [-0.15, -0.1) is 0 Å². The Morgan fingerprint density at radius 3 is 3.19 bits per heavy atom. The Balaban J connectivity index is 2.17. The average Bonchev–Trinajstić information content (AvgIpc) is 2.29. The first kappa shape index (κ1) is 10.8. The first-order valence-corrected chi connectivity index (χ1v) is 5.53. The van der Waals surface area contributed by atoms with Gasteiger partial charge in [0.25, 0.3) is 0 Å². The highest BCUT2D eigenvalue weighted by atomic mass is 16.5. The van der Waals surface area contributed by atoms with E-state index in [1.165, 1.54) is 5.56 Å². The van der Waals surface area contributed by atoms with Crippen LogP contribution >= 0.6 is 0 Å². The van der Waals surface area contributed by atoms with Gasteiger partial charge in [0.1, 0.15) is 6.04 Å². The van der Waals surface area contributed by atoms with E-state index in [4.69, 9.17) is 10.5 Å². The number of carbonyl (C=O) groups is 1. The molecule has 0 saturated heterocycles. The summed E-state index contributed by atoms with van der Waals surface area (Å²) in [6, 6.07) is 5.53. The molecule has 0 saturated carbocycles. The molecule has 2 rings (SSSR count). The third kappa shape index (κ3) is 1.96. The number of nitrogen functional groups attached to an aromatic ring is 1. The Morgan fingerprint density at radius 1 is 1.62 bits per heavy atom. The smallest absolute Gasteiger partial charge is 0.328 e. The number of anilines is 2. The lowest BCUT2D eigenvalue weighted by Gasteiger charge is -2.26. The Labute approximate surface area is 94.8 Å². The first-order chi connectivity index (χ1) is 7.72. The Kier molecular flexibility index (Phi) is 2.99. The predicted molar refractivity (Wildman–Crippen MR) is 63.2 cm³/mol. The van der Waals surface area contributed by atoms with E-state index in [9.17, 15) is 4.79 Å². The molecular weight excluding hydrogens is 204 g/mol. The van der Waals surface area contributed by atoms with Gasteiger partial charge >= 0.3 is 5.97 Å². The van der Waals surface area contributed by atoms with Gasteiger partial charge in [-0.3, -0.25) is 0 Å². The van der Waals surface area contributed by atoms with E-state index in [1.807, 2.05) is 25.1 Å². The number of carbonyl (C=O) groups excluding carboxylic acids is 1. The van der Waals surface area contributed by atoms with Gasteiger partial charge in [-0.25, -0.2) is 4.79 Å². The van der Waals surface area contributed by atoms with Crippen molar-refractivity contribution in [1.29, 1.82) is 0 Å². The maximum atomic E-state index is 11.6. The minimum absolute atomic E-state index is 0.198. The molecule has 0 aliphatic carbocycles. The molecule has 1 atom stereocenters. The number of nitrogens with one attached hydrogen (secondary N) is 1. The second kappa shape index (κ2) is 4.43. The summed E-state index contributed by atoms with van der Waals surface area (Å²) in [5, 5.41) is 3.15. The van der Waals surface area contributed by atoms with Crippen LogP contribution in [0.3, 0.4) is 0 Å². The van der Waals surface area contributed by atoms with Gasteiger partial charge in [0.2, 0.25) is 0 Å². The van der Waals surface area contributed by atoms with Crippen molar-refractivity contribution in [2.75, 3.05) is 17.7 Å². The van der Waals surface area contributed by atoms with Crippen LogP contribution < -0.4 is 11.1 Å². The highest BCUT2D eigenvalue weighted by molar-refractivity contribution is 5.83. The number of ether oxygens (including phenoxy) is 1. The van der Waals surface area contributed by atoms with Crippen molar-refractivity contribution in [2.45, 2.75) is 25.8 Å². The Hall–Kier alpha value is -1.71. The monoisotopic (exact) mass is 220 g/mol. The van der Waals surface area contributed by atoms with Gasteiger partial charge in [0.15, 0.2) is 0 Å². The molecule has 1 heterocycles. The van der Waals surface area contributed by atoms with Crippen LogP contribution in [0.15, 0.2) is 18.2 Å². The van der Waals surface area contributed by atoms with Crippen molar-refractivity contribution in [1.82, 2.24) is 0 Å². The largest absolute Gasteiger partial charge is 0.464 e. The van der Waals surface area contributed by atoms with E-state index in [2.05, 4.69) is 5.32 Å². The fourth-order valence-corrected chi connectivity index (χ4v) is 1.97.